The highest BCUT2D eigenvalue weighted by molar-refractivity contribution is 6.31. The fraction of sp³-hybridized carbons (Fsp3) is 0.533. The van der Waals surface area contributed by atoms with Gasteiger partial charge < -0.3 is 10.2 Å². The maximum Gasteiger partial charge on any atom is 0.321 e. The molecule has 1 saturated carbocycles. The van der Waals surface area contributed by atoms with Crippen molar-refractivity contribution in [2.75, 3.05) is 18.4 Å². The van der Waals surface area contributed by atoms with E-state index >= 15 is 0 Å². The van der Waals surface area contributed by atoms with Crippen LogP contribution >= 0.6 is 11.6 Å². The standard InChI is InChI=1S/C15H21ClN2O/c1-3-8-18(10-12-5-6-12)15(19)17-13-7-4-11(2)14(16)9-13/h4,7,9,12H,3,5-6,8,10H2,1-2H3,(H,17,19). The van der Waals surface area contributed by atoms with Crippen LogP contribution < -0.4 is 5.32 Å². The van der Waals surface area contributed by atoms with Gasteiger partial charge in [-0.05, 0) is 49.8 Å². The van der Waals surface area contributed by atoms with Gasteiger partial charge in [0.05, 0.1) is 0 Å². The van der Waals surface area contributed by atoms with Crippen LogP contribution in [0.25, 0.3) is 0 Å². The van der Waals surface area contributed by atoms with E-state index in [1.165, 1.54) is 12.8 Å². The first-order chi connectivity index (χ1) is 9.10. The number of anilines is 1. The predicted octanol–water partition coefficient (Wildman–Crippen LogP) is 4.30. The van der Waals surface area contributed by atoms with Crippen LogP contribution in [0.2, 0.25) is 5.02 Å². The predicted molar refractivity (Wildman–Crippen MR) is 79.8 cm³/mol. The van der Waals surface area contributed by atoms with Gasteiger partial charge in [-0.1, -0.05) is 24.6 Å². The summed E-state index contributed by atoms with van der Waals surface area (Å²) in [4.78, 5) is 14.1. The van der Waals surface area contributed by atoms with Crippen LogP contribution in [0.3, 0.4) is 0 Å². The molecule has 104 valence electrons. The zero-order chi connectivity index (χ0) is 13.8. The molecule has 2 amide bonds. The third-order valence-electron chi connectivity index (χ3n) is 3.38. The van der Waals surface area contributed by atoms with Gasteiger partial charge in [-0.25, -0.2) is 4.79 Å². The number of aryl methyl sites for hydroxylation is 1. The zero-order valence-corrected chi connectivity index (χ0v) is 12.3. The van der Waals surface area contributed by atoms with Gasteiger partial charge in [0.1, 0.15) is 0 Å². The Morgan fingerprint density at radius 1 is 1.47 bits per heavy atom. The van der Waals surface area contributed by atoms with Crippen molar-refractivity contribution in [3.8, 4) is 0 Å². The van der Waals surface area contributed by atoms with Gasteiger partial charge in [-0.3, -0.25) is 0 Å². The molecule has 0 spiro atoms. The molecule has 3 nitrogen and oxygen atoms in total. The van der Waals surface area contributed by atoms with Gasteiger partial charge in [0.15, 0.2) is 0 Å². The Kier molecular flexibility index (Phi) is 4.70. The van der Waals surface area contributed by atoms with Crippen LogP contribution in [0.1, 0.15) is 31.7 Å². The Balaban J connectivity index is 1.98. The molecular formula is C15H21ClN2O. The van der Waals surface area contributed by atoms with Crippen LogP contribution in [0.5, 0.6) is 0 Å². The number of benzene rings is 1. The topological polar surface area (TPSA) is 32.3 Å². The van der Waals surface area contributed by atoms with E-state index in [1.54, 1.807) is 6.07 Å². The van der Waals surface area contributed by atoms with Crippen molar-refractivity contribution in [1.82, 2.24) is 4.90 Å². The van der Waals surface area contributed by atoms with Crippen LogP contribution in [0.15, 0.2) is 18.2 Å². The summed E-state index contributed by atoms with van der Waals surface area (Å²) >= 11 is 6.07. The molecule has 1 aliphatic carbocycles. The van der Waals surface area contributed by atoms with Gasteiger partial charge in [0, 0.05) is 23.8 Å². The minimum Gasteiger partial charge on any atom is -0.324 e. The smallest absolute Gasteiger partial charge is 0.321 e. The molecule has 0 saturated heterocycles. The number of amides is 2. The van der Waals surface area contributed by atoms with Crippen molar-refractivity contribution in [2.45, 2.75) is 33.1 Å². The molecule has 0 unspecified atom stereocenters. The van der Waals surface area contributed by atoms with Crippen molar-refractivity contribution in [2.24, 2.45) is 5.92 Å². The summed E-state index contributed by atoms with van der Waals surface area (Å²) in [5.41, 5.74) is 1.78. The van der Waals surface area contributed by atoms with Crippen molar-refractivity contribution in [3.05, 3.63) is 28.8 Å². The molecule has 0 bridgehead atoms. The Morgan fingerprint density at radius 3 is 2.79 bits per heavy atom. The second-order valence-corrected chi connectivity index (χ2v) is 5.69. The summed E-state index contributed by atoms with van der Waals surface area (Å²) in [6.07, 6.45) is 3.49. The molecule has 0 atom stereocenters. The number of halogens is 1. The molecule has 1 N–H and O–H groups in total. The lowest BCUT2D eigenvalue weighted by Gasteiger charge is -2.22. The Labute approximate surface area is 119 Å². The SMILES string of the molecule is CCCN(CC1CC1)C(=O)Nc1ccc(C)c(Cl)c1. The molecule has 19 heavy (non-hydrogen) atoms. The zero-order valence-electron chi connectivity index (χ0n) is 11.6. The lowest BCUT2D eigenvalue weighted by Crippen LogP contribution is -2.37. The maximum atomic E-state index is 12.2. The van der Waals surface area contributed by atoms with Crippen LogP contribution in [0.4, 0.5) is 10.5 Å². The summed E-state index contributed by atoms with van der Waals surface area (Å²) in [6.45, 7) is 5.72. The van der Waals surface area contributed by atoms with Gasteiger partial charge in [-0.15, -0.1) is 0 Å². The molecule has 4 heteroatoms. The number of nitrogens with zero attached hydrogens (tertiary/aromatic N) is 1. The molecule has 0 aromatic heterocycles. The second-order valence-electron chi connectivity index (χ2n) is 5.28. The fourth-order valence-electron chi connectivity index (χ4n) is 2.03. The summed E-state index contributed by atoms with van der Waals surface area (Å²) < 4.78 is 0. The number of carbonyl (C=O) groups excluding carboxylic acids is 1. The lowest BCUT2D eigenvalue weighted by atomic mass is 10.2. The first-order valence-corrected chi connectivity index (χ1v) is 7.30. The molecule has 2 rings (SSSR count). The number of rotatable bonds is 5. The highest BCUT2D eigenvalue weighted by Crippen LogP contribution is 2.30. The molecule has 0 aliphatic heterocycles. The molecule has 1 aromatic carbocycles. The van der Waals surface area contributed by atoms with Gasteiger partial charge in [0.25, 0.3) is 0 Å². The minimum atomic E-state index is -0.0198. The normalized spacial score (nSPS) is 14.3. The average Bonchev–Trinajstić information content (AvgIpc) is 3.17. The molecule has 0 radical (unpaired) electrons. The summed E-state index contributed by atoms with van der Waals surface area (Å²) in [7, 11) is 0. The lowest BCUT2D eigenvalue weighted by molar-refractivity contribution is 0.209. The molecule has 1 aromatic rings. The average molecular weight is 281 g/mol. The number of hydrogen-bond donors (Lipinski definition) is 1. The van der Waals surface area contributed by atoms with Gasteiger partial charge >= 0.3 is 6.03 Å². The van der Waals surface area contributed by atoms with E-state index in [-0.39, 0.29) is 6.03 Å². The molecule has 1 fully saturated rings. The first kappa shape index (κ1) is 14.2. The highest BCUT2D eigenvalue weighted by Gasteiger charge is 2.26. The van der Waals surface area contributed by atoms with Gasteiger partial charge in [-0.2, -0.15) is 0 Å². The highest BCUT2D eigenvalue weighted by atomic mass is 35.5. The monoisotopic (exact) mass is 280 g/mol. The third-order valence-corrected chi connectivity index (χ3v) is 3.79. The van der Waals surface area contributed by atoms with E-state index in [0.29, 0.717) is 10.9 Å². The molecule has 0 heterocycles. The fourth-order valence-corrected chi connectivity index (χ4v) is 2.21. The van der Waals surface area contributed by atoms with E-state index in [0.717, 1.165) is 30.8 Å². The van der Waals surface area contributed by atoms with E-state index in [2.05, 4.69) is 12.2 Å². The second kappa shape index (κ2) is 6.29. The summed E-state index contributed by atoms with van der Waals surface area (Å²) in [5, 5.41) is 3.61. The van der Waals surface area contributed by atoms with Crippen LogP contribution in [-0.2, 0) is 0 Å². The molecular weight excluding hydrogens is 260 g/mol. The van der Waals surface area contributed by atoms with E-state index in [4.69, 9.17) is 11.6 Å². The van der Waals surface area contributed by atoms with Crippen LogP contribution in [0, 0.1) is 12.8 Å². The number of hydrogen-bond acceptors (Lipinski definition) is 1. The number of urea groups is 1. The van der Waals surface area contributed by atoms with Crippen molar-refractivity contribution >= 4 is 23.3 Å². The largest absolute Gasteiger partial charge is 0.324 e. The Morgan fingerprint density at radius 2 is 2.21 bits per heavy atom. The summed E-state index contributed by atoms with van der Waals surface area (Å²) in [6, 6.07) is 5.59. The third kappa shape index (κ3) is 4.13. The van der Waals surface area contributed by atoms with Crippen LogP contribution in [-0.4, -0.2) is 24.0 Å². The first-order valence-electron chi connectivity index (χ1n) is 6.92. The Hall–Kier alpha value is -1.22. The van der Waals surface area contributed by atoms with E-state index in [9.17, 15) is 4.79 Å². The Bertz CT molecular complexity index is 457. The van der Waals surface area contributed by atoms with E-state index < -0.39 is 0 Å². The summed E-state index contributed by atoms with van der Waals surface area (Å²) in [5.74, 6) is 0.707. The van der Waals surface area contributed by atoms with E-state index in [1.807, 2.05) is 24.0 Å². The molecule has 1 aliphatic rings. The number of nitrogens with one attached hydrogen (secondary N) is 1. The minimum absolute atomic E-state index is 0.0198. The van der Waals surface area contributed by atoms with Crippen molar-refractivity contribution < 1.29 is 4.79 Å². The maximum absolute atomic E-state index is 12.2. The van der Waals surface area contributed by atoms with Crippen molar-refractivity contribution in [1.29, 1.82) is 0 Å². The number of carbonyl (C=O) groups is 1. The van der Waals surface area contributed by atoms with Gasteiger partial charge in [0.2, 0.25) is 0 Å². The quantitative estimate of drug-likeness (QED) is 0.857. The van der Waals surface area contributed by atoms with Crippen molar-refractivity contribution in [3.63, 3.8) is 0 Å².